The van der Waals surface area contributed by atoms with Gasteiger partial charge >= 0.3 is 0 Å². The monoisotopic (exact) mass is 328 g/mol. The summed E-state index contributed by atoms with van der Waals surface area (Å²) in [5, 5.41) is 0. The third-order valence-corrected chi connectivity index (χ3v) is 5.59. The van der Waals surface area contributed by atoms with Gasteiger partial charge in [-0.3, -0.25) is 0 Å². The van der Waals surface area contributed by atoms with Gasteiger partial charge in [0.15, 0.2) is 0 Å². The number of methoxy groups -OCH3 is 1. The van der Waals surface area contributed by atoms with E-state index in [0.29, 0.717) is 0 Å². The minimum absolute atomic E-state index is 0.0334. The van der Waals surface area contributed by atoms with E-state index in [2.05, 4.69) is 80.7 Å². The Morgan fingerprint density at radius 1 is 1.04 bits per heavy atom. The Hall–Kier alpha value is -1.46. The molecule has 0 aromatic heterocycles. The predicted octanol–water partition coefficient (Wildman–Crippen LogP) is 6.68. The Morgan fingerprint density at radius 2 is 1.58 bits per heavy atom. The fourth-order valence-corrected chi connectivity index (χ4v) is 3.12. The summed E-state index contributed by atoms with van der Waals surface area (Å²) in [4.78, 5) is 0. The van der Waals surface area contributed by atoms with Crippen molar-refractivity contribution < 1.29 is 4.74 Å². The van der Waals surface area contributed by atoms with Gasteiger partial charge in [0, 0.05) is 11.1 Å². The van der Waals surface area contributed by atoms with Gasteiger partial charge in [0.2, 0.25) is 0 Å². The van der Waals surface area contributed by atoms with Gasteiger partial charge in [0.05, 0.1) is 7.11 Å². The lowest BCUT2D eigenvalue weighted by molar-refractivity contribution is 0.218. The van der Waals surface area contributed by atoms with Crippen molar-refractivity contribution in [2.75, 3.05) is 7.11 Å². The zero-order valence-corrected chi connectivity index (χ0v) is 17.5. The quantitative estimate of drug-likeness (QED) is 0.560. The predicted molar refractivity (Wildman–Crippen MR) is 107 cm³/mol. The van der Waals surface area contributed by atoms with Crippen LogP contribution in [0.3, 0.4) is 0 Å². The lowest BCUT2D eigenvalue weighted by Gasteiger charge is -2.41. The second kappa shape index (κ2) is 6.81. The molecular weight excluding hydrogens is 292 g/mol. The first-order valence-electron chi connectivity index (χ1n) is 8.93. The van der Waals surface area contributed by atoms with E-state index in [1.165, 1.54) is 16.7 Å². The van der Waals surface area contributed by atoms with E-state index in [1.54, 1.807) is 7.11 Å². The average Bonchev–Trinajstić information content (AvgIpc) is 2.43. The minimum Gasteiger partial charge on any atom is -0.496 e. The Balaban J connectivity index is 4.04. The van der Waals surface area contributed by atoms with Gasteiger partial charge in [-0.05, 0) is 39.9 Å². The van der Waals surface area contributed by atoms with Gasteiger partial charge in [-0.2, -0.15) is 0 Å². The SMILES string of the molecule is C=C=Cc1c(CC)c(C(C)(C)C)cc(C(C)(C)C(C)(C)C)c1OC. The van der Waals surface area contributed by atoms with Crippen molar-refractivity contribution in [3.63, 3.8) is 0 Å². The molecule has 0 spiro atoms. The molecule has 0 unspecified atom stereocenters. The Bertz CT molecular complexity index is 642. The van der Waals surface area contributed by atoms with E-state index < -0.39 is 0 Å². The summed E-state index contributed by atoms with van der Waals surface area (Å²) in [6, 6.07) is 2.38. The van der Waals surface area contributed by atoms with E-state index >= 15 is 0 Å². The molecule has 0 N–H and O–H groups in total. The maximum absolute atomic E-state index is 5.92. The smallest absolute Gasteiger partial charge is 0.130 e. The Morgan fingerprint density at radius 3 is 1.92 bits per heavy atom. The second-order valence-electron chi connectivity index (χ2n) is 9.22. The summed E-state index contributed by atoms with van der Waals surface area (Å²) < 4.78 is 5.92. The van der Waals surface area contributed by atoms with Crippen LogP contribution in [-0.2, 0) is 17.3 Å². The number of benzene rings is 1. The van der Waals surface area contributed by atoms with Crippen LogP contribution in [0.15, 0.2) is 18.4 Å². The topological polar surface area (TPSA) is 9.23 Å². The largest absolute Gasteiger partial charge is 0.496 e. The van der Waals surface area contributed by atoms with Gasteiger partial charge in [-0.25, -0.2) is 0 Å². The molecule has 0 aliphatic rings. The molecule has 0 atom stereocenters. The number of hydrogen-bond donors (Lipinski definition) is 0. The summed E-state index contributed by atoms with van der Waals surface area (Å²) in [6.45, 7) is 24.3. The van der Waals surface area contributed by atoms with Crippen LogP contribution in [0.2, 0.25) is 0 Å². The van der Waals surface area contributed by atoms with E-state index in [9.17, 15) is 0 Å². The zero-order chi connectivity index (χ0) is 18.9. The van der Waals surface area contributed by atoms with Crippen molar-refractivity contribution in [1.82, 2.24) is 0 Å². The van der Waals surface area contributed by atoms with Crippen LogP contribution in [0.25, 0.3) is 6.08 Å². The first-order chi connectivity index (χ1) is 10.8. The molecule has 1 heteroatoms. The third-order valence-electron chi connectivity index (χ3n) is 5.59. The van der Waals surface area contributed by atoms with Crippen molar-refractivity contribution >= 4 is 6.08 Å². The molecule has 1 aromatic rings. The van der Waals surface area contributed by atoms with E-state index in [-0.39, 0.29) is 16.2 Å². The van der Waals surface area contributed by atoms with Crippen molar-refractivity contribution in [1.29, 1.82) is 0 Å². The molecule has 0 amide bonds. The van der Waals surface area contributed by atoms with Gasteiger partial charge in [-0.15, -0.1) is 5.73 Å². The van der Waals surface area contributed by atoms with Crippen LogP contribution < -0.4 is 4.74 Å². The zero-order valence-electron chi connectivity index (χ0n) is 17.5. The first-order valence-corrected chi connectivity index (χ1v) is 8.93. The van der Waals surface area contributed by atoms with Gasteiger partial charge in [-0.1, -0.05) is 75.0 Å². The van der Waals surface area contributed by atoms with Crippen molar-refractivity contribution in [3.05, 3.63) is 40.6 Å². The lowest BCUT2D eigenvalue weighted by Crippen LogP contribution is -2.35. The molecule has 0 aliphatic carbocycles. The Kier molecular flexibility index (Phi) is 5.84. The third kappa shape index (κ3) is 3.62. The molecule has 134 valence electrons. The summed E-state index contributed by atoms with van der Waals surface area (Å²) in [5.74, 6) is 0.968. The van der Waals surface area contributed by atoms with E-state index in [0.717, 1.165) is 17.7 Å². The van der Waals surface area contributed by atoms with Crippen LogP contribution in [-0.4, -0.2) is 7.11 Å². The maximum atomic E-state index is 5.92. The highest BCUT2D eigenvalue weighted by atomic mass is 16.5. The molecule has 0 heterocycles. The molecule has 0 fully saturated rings. The molecule has 0 radical (unpaired) electrons. The summed E-state index contributed by atoms with van der Waals surface area (Å²) in [7, 11) is 1.77. The van der Waals surface area contributed by atoms with Crippen molar-refractivity contribution in [2.45, 2.75) is 79.6 Å². The van der Waals surface area contributed by atoms with Crippen molar-refractivity contribution in [2.24, 2.45) is 5.41 Å². The summed E-state index contributed by atoms with van der Waals surface area (Å²) in [6.07, 6.45) is 2.95. The van der Waals surface area contributed by atoms with Crippen LogP contribution in [0.4, 0.5) is 0 Å². The van der Waals surface area contributed by atoms with Crippen LogP contribution in [0.5, 0.6) is 5.75 Å². The molecular formula is C23H36O. The van der Waals surface area contributed by atoms with Gasteiger partial charge in [0.25, 0.3) is 0 Å². The maximum Gasteiger partial charge on any atom is 0.130 e. The fraction of sp³-hybridized carbons (Fsp3) is 0.609. The summed E-state index contributed by atoms with van der Waals surface area (Å²) >= 11 is 0. The fourth-order valence-electron chi connectivity index (χ4n) is 3.12. The van der Waals surface area contributed by atoms with Gasteiger partial charge in [0.1, 0.15) is 5.75 Å². The van der Waals surface area contributed by atoms with Gasteiger partial charge < -0.3 is 4.74 Å². The second-order valence-corrected chi connectivity index (χ2v) is 9.22. The highest BCUT2D eigenvalue weighted by Gasteiger charge is 2.38. The average molecular weight is 329 g/mol. The molecule has 24 heavy (non-hydrogen) atoms. The molecule has 0 aliphatic heterocycles. The highest BCUT2D eigenvalue weighted by molar-refractivity contribution is 5.67. The number of hydrogen-bond acceptors (Lipinski definition) is 1. The number of ether oxygens (including phenoxy) is 1. The van der Waals surface area contributed by atoms with Crippen molar-refractivity contribution in [3.8, 4) is 5.75 Å². The standard InChI is InChI=1S/C23H36O/c1-12-14-17-16(13-2)18(21(3,4)5)15-19(20(17)24-11)23(9,10)22(6,7)8/h14-15H,1,13H2,2-11H3. The molecule has 1 aromatic carbocycles. The van der Waals surface area contributed by atoms with Crippen LogP contribution in [0, 0.1) is 5.41 Å². The molecule has 0 saturated carbocycles. The normalized spacial score (nSPS) is 12.8. The molecule has 1 rings (SSSR count). The summed E-state index contributed by atoms with van der Waals surface area (Å²) in [5.41, 5.74) is 8.25. The lowest BCUT2D eigenvalue weighted by atomic mass is 9.63. The molecule has 0 saturated heterocycles. The Labute approximate surface area is 149 Å². The van der Waals surface area contributed by atoms with E-state index in [4.69, 9.17) is 4.74 Å². The van der Waals surface area contributed by atoms with Crippen LogP contribution in [0.1, 0.15) is 84.6 Å². The van der Waals surface area contributed by atoms with Crippen LogP contribution >= 0.6 is 0 Å². The first kappa shape index (κ1) is 20.6. The molecule has 0 bridgehead atoms. The number of rotatable bonds is 4. The van der Waals surface area contributed by atoms with E-state index in [1.807, 2.05) is 6.08 Å². The molecule has 1 nitrogen and oxygen atoms in total. The highest BCUT2D eigenvalue weighted by Crippen LogP contribution is 2.48. The minimum atomic E-state index is -0.0334.